The summed E-state index contributed by atoms with van der Waals surface area (Å²) in [6.45, 7) is 6.97. The lowest BCUT2D eigenvalue weighted by molar-refractivity contribution is -0.145. The predicted molar refractivity (Wildman–Crippen MR) is 104 cm³/mol. The summed E-state index contributed by atoms with van der Waals surface area (Å²) < 4.78 is 10.4. The number of carbonyl (C=O) groups is 2. The molecule has 146 valence electrons. The molecule has 1 rings (SSSR count). The number of esters is 2. The van der Waals surface area contributed by atoms with Crippen LogP contribution in [0.1, 0.15) is 76.3 Å². The third kappa shape index (κ3) is 11.7. The Bertz CT molecular complexity index is 519. The van der Waals surface area contributed by atoms with Gasteiger partial charge in [-0.1, -0.05) is 69.4 Å². The van der Waals surface area contributed by atoms with Crippen molar-refractivity contribution in [3.63, 3.8) is 0 Å². The zero-order valence-corrected chi connectivity index (χ0v) is 16.6. The minimum Gasteiger partial charge on any atom is -0.465 e. The summed E-state index contributed by atoms with van der Waals surface area (Å²) in [5.41, 5.74) is 2.23. The van der Waals surface area contributed by atoms with Gasteiger partial charge in [0.2, 0.25) is 0 Å². The quantitative estimate of drug-likeness (QED) is 0.350. The highest BCUT2D eigenvalue weighted by molar-refractivity contribution is 5.69. The molecule has 0 bridgehead atoms. The van der Waals surface area contributed by atoms with Gasteiger partial charge < -0.3 is 9.47 Å². The molecule has 4 heteroatoms. The normalized spacial score (nSPS) is 10.8. The van der Waals surface area contributed by atoms with E-state index in [0.29, 0.717) is 32.0 Å². The smallest absolute Gasteiger partial charge is 0.306 e. The number of ether oxygens (including phenoxy) is 2. The molecule has 0 aliphatic rings. The molecular formula is C22H34O4. The Morgan fingerprint density at radius 3 is 1.85 bits per heavy atom. The molecule has 0 spiro atoms. The van der Waals surface area contributed by atoms with E-state index in [9.17, 15) is 9.59 Å². The monoisotopic (exact) mass is 362 g/mol. The first kappa shape index (κ1) is 22.2. The van der Waals surface area contributed by atoms with Crippen LogP contribution < -0.4 is 0 Å². The van der Waals surface area contributed by atoms with Crippen LogP contribution in [-0.4, -0.2) is 18.5 Å². The molecule has 0 amide bonds. The van der Waals surface area contributed by atoms with E-state index >= 15 is 0 Å². The van der Waals surface area contributed by atoms with Gasteiger partial charge in [0.1, 0.15) is 6.61 Å². The van der Waals surface area contributed by atoms with E-state index in [0.717, 1.165) is 44.1 Å². The Morgan fingerprint density at radius 1 is 0.808 bits per heavy atom. The van der Waals surface area contributed by atoms with Gasteiger partial charge >= 0.3 is 11.9 Å². The predicted octanol–water partition coefficient (Wildman–Crippen LogP) is 5.36. The summed E-state index contributed by atoms with van der Waals surface area (Å²) in [5.74, 6) is 0.177. The topological polar surface area (TPSA) is 52.6 Å². The second-order valence-corrected chi connectivity index (χ2v) is 7.34. The van der Waals surface area contributed by atoms with Gasteiger partial charge in [-0.25, -0.2) is 0 Å². The van der Waals surface area contributed by atoms with E-state index in [-0.39, 0.29) is 11.9 Å². The fraction of sp³-hybridized carbons (Fsp3) is 0.636. The fourth-order valence-corrected chi connectivity index (χ4v) is 2.50. The minimum atomic E-state index is -0.126. The van der Waals surface area contributed by atoms with Crippen molar-refractivity contribution in [1.82, 2.24) is 0 Å². The highest BCUT2D eigenvalue weighted by Gasteiger charge is 2.05. The Balaban J connectivity index is 1.92. The third-order valence-electron chi connectivity index (χ3n) is 4.11. The van der Waals surface area contributed by atoms with E-state index in [1.54, 1.807) is 0 Å². The van der Waals surface area contributed by atoms with Crippen molar-refractivity contribution in [2.45, 2.75) is 78.7 Å². The molecule has 1 aromatic carbocycles. The molecule has 0 saturated heterocycles. The molecule has 0 saturated carbocycles. The van der Waals surface area contributed by atoms with Crippen LogP contribution in [0.5, 0.6) is 0 Å². The molecular weight excluding hydrogens is 328 g/mol. The number of rotatable bonds is 13. The summed E-state index contributed by atoms with van der Waals surface area (Å²) in [6, 6.07) is 8.02. The van der Waals surface area contributed by atoms with Gasteiger partial charge in [-0.05, 0) is 31.2 Å². The van der Waals surface area contributed by atoms with Crippen LogP contribution in [0.15, 0.2) is 24.3 Å². The van der Waals surface area contributed by atoms with Crippen molar-refractivity contribution in [3.8, 4) is 0 Å². The average Bonchev–Trinajstić information content (AvgIpc) is 2.61. The summed E-state index contributed by atoms with van der Waals surface area (Å²) in [7, 11) is 0. The maximum Gasteiger partial charge on any atom is 0.306 e. The number of benzene rings is 1. The Kier molecular flexibility index (Phi) is 11.4. The number of hydrogen-bond donors (Lipinski definition) is 0. The summed E-state index contributed by atoms with van der Waals surface area (Å²) in [6.07, 6.45) is 6.98. The van der Waals surface area contributed by atoms with Crippen molar-refractivity contribution >= 4 is 11.9 Å². The van der Waals surface area contributed by atoms with Gasteiger partial charge in [-0.15, -0.1) is 0 Å². The molecule has 0 unspecified atom stereocenters. The SMILES string of the molecule is Cc1ccc(COC(=O)CCCCCCCCC(=O)OCC(C)C)cc1. The van der Waals surface area contributed by atoms with E-state index in [2.05, 4.69) is 0 Å². The number of unbranched alkanes of at least 4 members (excludes halogenated alkanes) is 5. The maximum absolute atomic E-state index is 11.7. The Hall–Kier alpha value is -1.84. The minimum absolute atomic E-state index is 0.0879. The van der Waals surface area contributed by atoms with Crippen LogP contribution >= 0.6 is 0 Å². The lowest BCUT2D eigenvalue weighted by Crippen LogP contribution is -2.09. The van der Waals surface area contributed by atoms with Crippen LogP contribution in [0.3, 0.4) is 0 Å². The Morgan fingerprint density at radius 2 is 1.31 bits per heavy atom. The van der Waals surface area contributed by atoms with E-state index < -0.39 is 0 Å². The molecule has 0 aromatic heterocycles. The molecule has 0 atom stereocenters. The van der Waals surface area contributed by atoms with E-state index in [4.69, 9.17) is 9.47 Å². The van der Waals surface area contributed by atoms with Gasteiger partial charge in [-0.2, -0.15) is 0 Å². The average molecular weight is 363 g/mol. The third-order valence-corrected chi connectivity index (χ3v) is 4.11. The zero-order valence-electron chi connectivity index (χ0n) is 16.6. The molecule has 0 fully saturated rings. The number of carbonyl (C=O) groups excluding carboxylic acids is 2. The van der Waals surface area contributed by atoms with Crippen molar-refractivity contribution in [2.24, 2.45) is 5.92 Å². The highest BCUT2D eigenvalue weighted by atomic mass is 16.5. The summed E-state index contributed by atoms with van der Waals surface area (Å²) in [5, 5.41) is 0. The summed E-state index contributed by atoms with van der Waals surface area (Å²) in [4.78, 5) is 23.2. The first-order valence-electron chi connectivity index (χ1n) is 9.84. The largest absolute Gasteiger partial charge is 0.465 e. The molecule has 1 aromatic rings. The maximum atomic E-state index is 11.7. The van der Waals surface area contributed by atoms with Crippen LogP contribution in [0.4, 0.5) is 0 Å². The highest BCUT2D eigenvalue weighted by Crippen LogP contribution is 2.11. The van der Waals surface area contributed by atoms with Gasteiger partial charge in [-0.3, -0.25) is 9.59 Å². The van der Waals surface area contributed by atoms with E-state index in [1.807, 2.05) is 45.0 Å². The second kappa shape index (κ2) is 13.4. The summed E-state index contributed by atoms with van der Waals surface area (Å²) >= 11 is 0. The van der Waals surface area contributed by atoms with Gasteiger partial charge in [0.05, 0.1) is 6.61 Å². The molecule has 26 heavy (non-hydrogen) atoms. The Labute approximate surface area is 158 Å². The first-order chi connectivity index (χ1) is 12.5. The molecule has 0 aliphatic heterocycles. The standard InChI is InChI=1S/C22H34O4/c1-18(2)16-25-21(23)10-8-6-4-5-7-9-11-22(24)26-17-20-14-12-19(3)13-15-20/h12-15,18H,4-11,16-17H2,1-3H3. The number of hydrogen-bond acceptors (Lipinski definition) is 4. The second-order valence-electron chi connectivity index (χ2n) is 7.34. The molecule has 0 heterocycles. The molecule has 0 radical (unpaired) electrons. The lowest BCUT2D eigenvalue weighted by atomic mass is 10.1. The van der Waals surface area contributed by atoms with Crippen molar-refractivity contribution in [2.75, 3.05) is 6.61 Å². The molecule has 4 nitrogen and oxygen atoms in total. The number of aryl methyl sites for hydroxylation is 1. The molecule has 0 N–H and O–H groups in total. The zero-order chi connectivity index (χ0) is 19.2. The van der Waals surface area contributed by atoms with Gasteiger partial charge in [0.15, 0.2) is 0 Å². The van der Waals surface area contributed by atoms with Crippen LogP contribution in [0.2, 0.25) is 0 Å². The van der Waals surface area contributed by atoms with Crippen molar-refractivity contribution < 1.29 is 19.1 Å². The van der Waals surface area contributed by atoms with E-state index in [1.165, 1.54) is 5.56 Å². The van der Waals surface area contributed by atoms with Gasteiger partial charge in [0.25, 0.3) is 0 Å². The molecule has 0 aliphatic carbocycles. The lowest BCUT2D eigenvalue weighted by Gasteiger charge is -2.07. The van der Waals surface area contributed by atoms with Crippen molar-refractivity contribution in [1.29, 1.82) is 0 Å². The fourth-order valence-electron chi connectivity index (χ4n) is 2.50. The van der Waals surface area contributed by atoms with Crippen LogP contribution in [0.25, 0.3) is 0 Å². The van der Waals surface area contributed by atoms with Crippen LogP contribution in [-0.2, 0) is 25.7 Å². The first-order valence-corrected chi connectivity index (χ1v) is 9.84. The van der Waals surface area contributed by atoms with Crippen LogP contribution in [0, 0.1) is 12.8 Å². The van der Waals surface area contributed by atoms with Gasteiger partial charge in [0, 0.05) is 12.8 Å². The van der Waals surface area contributed by atoms with Crippen molar-refractivity contribution in [3.05, 3.63) is 35.4 Å².